The van der Waals surface area contributed by atoms with E-state index < -0.39 is 15.4 Å². The van der Waals surface area contributed by atoms with Crippen LogP contribution in [0.25, 0.3) is 0 Å². The van der Waals surface area contributed by atoms with Gasteiger partial charge in [0.15, 0.2) is 15.4 Å². The predicted molar refractivity (Wildman–Crippen MR) is 116 cm³/mol. The van der Waals surface area contributed by atoms with Crippen LogP contribution >= 0.6 is 0 Å². The van der Waals surface area contributed by atoms with Crippen LogP contribution in [-0.4, -0.2) is 61.2 Å². The zero-order chi connectivity index (χ0) is 21.4. The minimum Gasteiger partial charge on any atom is -0.387 e. The number of nitrogens with zero attached hydrogens (tertiary/aromatic N) is 2. The fourth-order valence-electron chi connectivity index (χ4n) is 4.63. The highest BCUT2D eigenvalue weighted by Gasteiger charge is 2.45. The van der Waals surface area contributed by atoms with E-state index in [1.165, 1.54) is 11.1 Å². The minimum absolute atomic E-state index is 0.0153. The van der Waals surface area contributed by atoms with Crippen LogP contribution in [0.3, 0.4) is 0 Å². The second-order valence-corrected chi connectivity index (χ2v) is 11.5. The van der Waals surface area contributed by atoms with Crippen molar-refractivity contribution in [2.75, 3.05) is 24.6 Å². The van der Waals surface area contributed by atoms with E-state index in [-0.39, 0.29) is 23.5 Å². The summed E-state index contributed by atoms with van der Waals surface area (Å²) in [7, 11) is -3.03. The normalized spacial score (nSPS) is 28.5. The highest BCUT2D eigenvalue weighted by molar-refractivity contribution is 7.91. The average molecular weight is 434 g/mol. The molecule has 30 heavy (non-hydrogen) atoms. The first-order valence-corrected chi connectivity index (χ1v) is 12.6. The number of hydrogen-bond donors (Lipinski definition) is 1. The van der Waals surface area contributed by atoms with Gasteiger partial charge in [-0.05, 0) is 42.9 Å². The molecule has 164 valence electrons. The molecule has 0 saturated carbocycles. The number of carbonyl (C=O) groups excluding carboxylic acids is 1. The maximum Gasteiger partial charge on any atom is 0.269 e. The number of amides is 1. The molecule has 2 atom stereocenters. The fourth-order valence-corrected chi connectivity index (χ4v) is 6.30. The smallest absolute Gasteiger partial charge is 0.269 e. The number of hydrogen-bond acceptors (Lipinski definition) is 6. The molecule has 0 aromatic heterocycles. The van der Waals surface area contributed by atoms with Gasteiger partial charge in [-0.3, -0.25) is 9.69 Å². The number of rotatable bonds is 5. The van der Waals surface area contributed by atoms with Crippen molar-refractivity contribution in [1.29, 1.82) is 0 Å². The van der Waals surface area contributed by atoms with Gasteiger partial charge >= 0.3 is 0 Å². The molecule has 3 aliphatic rings. The van der Waals surface area contributed by atoms with E-state index in [0.29, 0.717) is 24.5 Å². The molecule has 1 N–H and O–H groups in total. The highest BCUT2D eigenvalue weighted by atomic mass is 32.2. The van der Waals surface area contributed by atoms with E-state index in [0.717, 1.165) is 32.5 Å². The van der Waals surface area contributed by atoms with Gasteiger partial charge in [0.2, 0.25) is 0 Å². The molecule has 2 saturated heterocycles. The first-order valence-electron chi connectivity index (χ1n) is 10.8. The van der Waals surface area contributed by atoms with E-state index in [4.69, 9.17) is 4.84 Å². The van der Waals surface area contributed by atoms with Gasteiger partial charge in [-0.15, -0.1) is 0 Å². The van der Waals surface area contributed by atoms with Crippen LogP contribution in [0.5, 0.6) is 0 Å². The van der Waals surface area contributed by atoms with Gasteiger partial charge in [-0.25, -0.2) is 8.42 Å². The zero-order valence-corrected chi connectivity index (χ0v) is 18.6. The summed E-state index contributed by atoms with van der Waals surface area (Å²) in [6.45, 7) is 6.97. The molecular weight excluding hydrogens is 402 g/mol. The third kappa shape index (κ3) is 4.86. The van der Waals surface area contributed by atoms with Crippen molar-refractivity contribution >= 4 is 21.5 Å². The summed E-state index contributed by atoms with van der Waals surface area (Å²) >= 11 is 0. The third-order valence-electron chi connectivity index (χ3n) is 6.34. The first kappa shape index (κ1) is 21.3. The Morgan fingerprint density at radius 3 is 2.77 bits per heavy atom. The van der Waals surface area contributed by atoms with Gasteiger partial charge < -0.3 is 10.2 Å². The Hall–Kier alpha value is -1.93. The van der Waals surface area contributed by atoms with Gasteiger partial charge in [0.1, 0.15) is 5.71 Å². The van der Waals surface area contributed by atoms with Gasteiger partial charge in [-0.2, -0.15) is 0 Å². The van der Waals surface area contributed by atoms with Crippen molar-refractivity contribution in [2.24, 2.45) is 5.16 Å². The van der Waals surface area contributed by atoms with Crippen molar-refractivity contribution < 1.29 is 18.0 Å². The predicted octanol–water partition coefficient (Wildman–Crippen LogP) is 2.22. The maximum atomic E-state index is 12.6. The molecule has 3 heterocycles. The standard InChI is InChI=1S/C22H31N3O4S/c1-16(2)18-6-4-17(5-7-18)13-25-10-3-9-22(15-25)12-20(24-29-22)21(26)23-19-8-11-30(27,28)14-19/h4-7,16,19H,3,8-15H2,1-2H3,(H,23,26). The molecule has 1 amide bonds. The van der Waals surface area contributed by atoms with Crippen LogP contribution < -0.4 is 5.32 Å². The first-order chi connectivity index (χ1) is 14.2. The lowest BCUT2D eigenvalue weighted by Gasteiger charge is -2.38. The van der Waals surface area contributed by atoms with E-state index in [1.54, 1.807) is 0 Å². The summed E-state index contributed by atoms with van der Waals surface area (Å²) in [4.78, 5) is 20.7. The van der Waals surface area contributed by atoms with Crippen LogP contribution in [0.1, 0.15) is 56.6 Å². The van der Waals surface area contributed by atoms with Gasteiger partial charge in [0.05, 0.1) is 11.5 Å². The van der Waals surface area contributed by atoms with E-state index >= 15 is 0 Å². The number of nitrogens with one attached hydrogen (secondary N) is 1. The zero-order valence-electron chi connectivity index (χ0n) is 17.8. The van der Waals surface area contributed by atoms with Crippen LogP contribution in [0.2, 0.25) is 0 Å². The van der Waals surface area contributed by atoms with E-state index in [2.05, 4.69) is 53.5 Å². The van der Waals surface area contributed by atoms with Gasteiger partial charge in [0.25, 0.3) is 5.91 Å². The van der Waals surface area contributed by atoms with E-state index in [9.17, 15) is 13.2 Å². The summed E-state index contributed by atoms with van der Waals surface area (Å²) in [6, 6.07) is 8.45. The summed E-state index contributed by atoms with van der Waals surface area (Å²) in [5, 5.41) is 6.91. The lowest BCUT2D eigenvalue weighted by atomic mass is 9.87. The Morgan fingerprint density at radius 2 is 2.10 bits per heavy atom. The molecule has 2 unspecified atom stereocenters. The lowest BCUT2D eigenvalue weighted by Crippen LogP contribution is -2.49. The number of oxime groups is 1. The monoisotopic (exact) mass is 433 g/mol. The Morgan fingerprint density at radius 1 is 1.33 bits per heavy atom. The third-order valence-corrected chi connectivity index (χ3v) is 8.11. The summed E-state index contributed by atoms with van der Waals surface area (Å²) < 4.78 is 23.2. The number of likely N-dealkylation sites (tertiary alicyclic amines) is 1. The SMILES string of the molecule is CC(C)c1ccc(CN2CCCC3(CC(C(=O)NC4CCS(=O)(=O)C4)=NO3)C2)cc1. The fraction of sp³-hybridized carbons (Fsp3) is 0.636. The Labute approximate surface area is 178 Å². The van der Waals surface area contributed by atoms with Crippen molar-refractivity contribution in [3.63, 3.8) is 0 Å². The molecule has 0 aliphatic carbocycles. The number of sulfone groups is 1. The summed E-state index contributed by atoms with van der Waals surface area (Å²) in [5.74, 6) is 0.380. The molecule has 7 nitrogen and oxygen atoms in total. The minimum atomic E-state index is -3.03. The van der Waals surface area contributed by atoms with E-state index in [1.807, 2.05) is 0 Å². The maximum absolute atomic E-state index is 12.6. The highest BCUT2D eigenvalue weighted by Crippen LogP contribution is 2.34. The van der Waals surface area contributed by atoms with Crippen molar-refractivity contribution in [3.05, 3.63) is 35.4 Å². The molecule has 8 heteroatoms. The quantitative estimate of drug-likeness (QED) is 0.769. The second-order valence-electron chi connectivity index (χ2n) is 9.27. The number of piperidine rings is 1. The Balaban J connectivity index is 1.32. The van der Waals surface area contributed by atoms with Crippen LogP contribution in [0.4, 0.5) is 0 Å². The molecule has 0 bridgehead atoms. The number of carbonyl (C=O) groups is 1. The second kappa shape index (κ2) is 8.30. The molecular formula is C22H31N3O4S. The topological polar surface area (TPSA) is 88.1 Å². The summed E-state index contributed by atoms with van der Waals surface area (Å²) in [6.07, 6.45) is 2.81. The molecule has 1 aromatic rings. The molecule has 2 fully saturated rings. The van der Waals surface area contributed by atoms with Crippen molar-refractivity contribution in [1.82, 2.24) is 10.2 Å². The molecule has 1 aromatic carbocycles. The summed E-state index contributed by atoms with van der Waals surface area (Å²) in [5.41, 5.74) is 2.54. The van der Waals surface area contributed by atoms with Crippen LogP contribution in [-0.2, 0) is 26.0 Å². The Bertz CT molecular complexity index is 926. The molecule has 4 rings (SSSR count). The van der Waals surface area contributed by atoms with Crippen LogP contribution in [0, 0.1) is 0 Å². The van der Waals surface area contributed by atoms with Gasteiger partial charge in [0, 0.05) is 25.6 Å². The largest absolute Gasteiger partial charge is 0.387 e. The van der Waals surface area contributed by atoms with Crippen LogP contribution in [0.15, 0.2) is 29.4 Å². The lowest BCUT2D eigenvalue weighted by molar-refractivity contribution is -0.115. The van der Waals surface area contributed by atoms with Gasteiger partial charge in [-0.1, -0.05) is 43.3 Å². The molecule has 1 spiro atoms. The molecule has 0 radical (unpaired) electrons. The van der Waals surface area contributed by atoms with Crippen molar-refractivity contribution in [2.45, 2.75) is 63.6 Å². The molecule has 3 aliphatic heterocycles. The van der Waals surface area contributed by atoms with Crippen molar-refractivity contribution in [3.8, 4) is 0 Å². The number of benzene rings is 1. The Kier molecular flexibility index (Phi) is 5.90. The average Bonchev–Trinajstić information content (AvgIpc) is 3.25.